The van der Waals surface area contributed by atoms with Gasteiger partial charge in [-0.3, -0.25) is 14.1 Å². The Kier molecular flexibility index (Phi) is 3.71. The molecule has 0 spiro atoms. The molecule has 0 radical (unpaired) electrons. The lowest BCUT2D eigenvalue weighted by Crippen LogP contribution is -2.18. The highest BCUT2D eigenvalue weighted by molar-refractivity contribution is 7.84. The number of aryl methyl sites for hydroxylation is 2. The molecule has 0 unspecified atom stereocenters. The van der Waals surface area contributed by atoms with Crippen LogP contribution in [-0.2, 0) is 10.3 Å². The Morgan fingerprint density at radius 1 is 0.733 bits per heavy atom. The van der Waals surface area contributed by atoms with Crippen molar-refractivity contribution in [2.24, 2.45) is 0 Å². The van der Waals surface area contributed by atoms with Gasteiger partial charge in [-0.2, -0.15) is 8.42 Å². The highest BCUT2D eigenvalue weighted by Gasteiger charge is 2.20. The number of aromatic nitrogens is 2. The summed E-state index contributed by atoms with van der Waals surface area (Å²) in [4.78, 5) is 29.4. The van der Waals surface area contributed by atoms with Crippen LogP contribution in [0.25, 0.3) is 43.6 Å². The van der Waals surface area contributed by atoms with Gasteiger partial charge in [0.1, 0.15) is 0 Å². The minimum absolute atomic E-state index is 0.0509. The van der Waals surface area contributed by atoms with Gasteiger partial charge in [-0.05, 0) is 61.4 Å². The van der Waals surface area contributed by atoms with E-state index in [9.17, 15) is 22.6 Å². The number of hydrogen-bond donors (Lipinski definition) is 2. The number of fused-ring (bicyclic) bond motifs is 4. The first-order chi connectivity index (χ1) is 14.1. The fraction of sp³-hybridized carbons (Fsp3) is 0.0909. The first-order valence-electron chi connectivity index (χ1n) is 9.18. The maximum absolute atomic E-state index is 13.1. The number of nitrogens with zero attached hydrogens (tertiary/aromatic N) is 1. The van der Waals surface area contributed by atoms with Gasteiger partial charge >= 0.3 is 10.3 Å². The summed E-state index contributed by atoms with van der Waals surface area (Å²) in [6.45, 7) is 3.66. The molecule has 2 N–H and O–H groups in total. The fourth-order valence-corrected chi connectivity index (χ4v) is 4.80. The highest BCUT2D eigenvalue weighted by Crippen LogP contribution is 2.26. The third-order valence-corrected chi connectivity index (χ3v) is 6.24. The van der Waals surface area contributed by atoms with Crippen LogP contribution >= 0.6 is 0 Å². The average Bonchev–Trinajstić information content (AvgIpc) is 2.66. The van der Waals surface area contributed by atoms with Crippen molar-refractivity contribution in [3.8, 4) is 0 Å². The molecule has 0 amide bonds. The lowest BCUT2D eigenvalue weighted by atomic mass is 10.0. The van der Waals surface area contributed by atoms with E-state index in [-0.39, 0.29) is 38.0 Å². The SMILES string of the molecule is Cc1ccc2c(=O)c3cc4c(cc3[nH]c2c1)c(=O)c1ccc(C)cc1n4S(=O)(=O)O. The van der Waals surface area contributed by atoms with Crippen LogP contribution in [0.5, 0.6) is 0 Å². The molecule has 2 heterocycles. The van der Waals surface area contributed by atoms with Crippen molar-refractivity contribution >= 4 is 53.9 Å². The number of H-pyrrole nitrogens is 1. The van der Waals surface area contributed by atoms with E-state index >= 15 is 0 Å². The van der Waals surface area contributed by atoms with Crippen LogP contribution in [0.2, 0.25) is 0 Å². The Morgan fingerprint density at radius 2 is 1.30 bits per heavy atom. The molecule has 5 aromatic rings. The first kappa shape index (κ1) is 18.5. The van der Waals surface area contributed by atoms with Gasteiger partial charge in [-0.1, -0.05) is 12.1 Å². The highest BCUT2D eigenvalue weighted by atomic mass is 32.2. The molecule has 8 heteroatoms. The van der Waals surface area contributed by atoms with Crippen LogP contribution in [0.1, 0.15) is 11.1 Å². The number of benzene rings is 3. The van der Waals surface area contributed by atoms with E-state index in [0.717, 1.165) is 11.1 Å². The van der Waals surface area contributed by atoms with Gasteiger partial charge in [0, 0.05) is 27.1 Å². The Hall–Kier alpha value is -3.49. The lowest BCUT2D eigenvalue weighted by Gasteiger charge is -2.14. The van der Waals surface area contributed by atoms with Crippen molar-refractivity contribution in [2.75, 3.05) is 0 Å². The standard InChI is InChI=1S/C22H16N2O5S/c1-11-3-5-13-17(7-11)23-18-9-16-20(10-15(18)21(13)25)24(30(27,28)29)19-8-12(2)4-6-14(19)22(16)26/h3-10H,1-2H3,(H,23,25)(H,27,28,29). The number of hydrogen-bond acceptors (Lipinski definition) is 4. The predicted octanol–water partition coefficient (Wildman–Crippen LogP) is 3.42. The van der Waals surface area contributed by atoms with E-state index < -0.39 is 10.3 Å². The van der Waals surface area contributed by atoms with Gasteiger partial charge in [0.2, 0.25) is 0 Å². The maximum atomic E-state index is 13.1. The van der Waals surface area contributed by atoms with Gasteiger partial charge in [-0.25, -0.2) is 3.97 Å². The molecule has 5 rings (SSSR count). The second kappa shape index (κ2) is 6.01. The van der Waals surface area contributed by atoms with Crippen LogP contribution in [0.4, 0.5) is 0 Å². The van der Waals surface area contributed by atoms with Crippen molar-refractivity contribution in [1.82, 2.24) is 8.96 Å². The topological polar surface area (TPSA) is 109 Å². The molecule has 0 aliphatic carbocycles. The molecule has 0 fully saturated rings. The average molecular weight is 420 g/mol. The third kappa shape index (κ3) is 2.58. The molecular formula is C22H16N2O5S. The molecular weight excluding hydrogens is 404 g/mol. The minimum atomic E-state index is -4.75. The zero-order valence-electron chi connectivity index (χ0n) is 16.1. The molecule has 0 aliphatic heterocycles. The number of pyridine rings is 2. The smallest absolute Gasteiger partial charge is 0.354 e. The Balaban J connectivity index is 2.11. The van der Waals surface area contributed by atoms with Crippen molar-refractivity contribution in [1.29, 1.82) is 0 Å². The normalized spacial score (nSPS) is 12.4. The second-order valence-corrected chi connectivity index (χ2v) is 8.77. The third-order valence-electron chi connectivity index (χ3n) is 5.38. The van der Waals surface area contributed by atoms with Crippen LogP contribution < -0.4 is 10.9 Å². The second-order valence-electron chi connectivity index (χ2n) is 7.51. The molecule has 0 aliphatic rings. The van der Waals surface area contributed by atoms with Gasteiger partial charge < -0.3 is 4.98 Å². The van der Waals surface area contributed by atoms with Crippen molar-refractivity contribution in [2.45, 2.75) is 13.8 Å². The Morgan fingerprint density at radius 3 is 2.00 bits per heavy atom. The first-order valence-corrected chi connectivity index (χ1v) is 10.6. The molecule has 7 nitrogen and oxygen atoms in total. The van der Waals surface area contributed by atoms with E-state index in [1.54, 1.807) is 19.1 Å². The summed E-state index contributed by atoms with van der Waals surface area (Å²) in [7, 11) is -4.75. The van der Waals surface area contributed by atoms with Gasteiger partial charge in [0.05, 0.1) is 16.6 Å². The van der Waals surface area contributed by atoms with Crippen molar-refractivity contribution in [3.63, 3.8) is 0 Å². The zero-order valence-corrected chi connectivity index (χ0v) is 16.9. The summed E-state index contributed by atoms with van der Waals surface area (Å²) in [5, 5.41) is 0.913. The quantitative estimate of drug-likeness (QED) is 0.319. The molecule has 0 atom stereocenters. The van der Waals surface area contributed by atoms with Crippen molar-refractivity contribution in [3.05, 3.63) is 80.1 Å². The van der Waals surface area contributed by atoms with Crippen LogP contribution in [-0.4, -0.2) is 21.9 Å². The van der Waals surface area contributed by atoms with Crippen molar-refractivity contribution < 1.29 is 13.0 Å². The monoisotopic (exact) mass is 420 g/mol. The summed E-state index contributed by atoms with van der Waals surface area (Å²) in [6.07, 6.45) is 0. The van der Waals surface area contributed by atoms with Crippen LogP contribution in [0, 0.1) is 13.8 Å². The van der Waals surface area contributed by atoms with Gasteiger partial charge in [-0.15, -0.1) is 0 Å². The maximum Gasteiger partial charge on any atom is 0.364 e. The molecule has 0 bridgehead atoms. The van der Waals surface area contributed by atoms with Gasteiger partial charge in [0.25, 0.3) is 0 Å². The molecule has 30 heavy (non-hydrogen) atoms. The molecule has 2 aromatic heterocycles. The van der Waals surface area contributed by atoms with Crippen LogP contribution in [0.15, 0.2) is 58.1 Å². The summed E-state index contributed by atoms with van der Waals surface area (Å²) >= 11 is 0. The fourth-order valence-electron chi connectivity index (χ4n) is 4.00. The number of nitrogens with one attached hydrogen (secondary N) is 1. The summed E-state index contributed by atoms with van der Waals surface area (Å²) in [5.41, 5.74) is 2.06. The number of aromatic amines is 1. The largest absolute Gasteiger partial charge is 0.364 e. The zero-order chi connectivity index (χ0) is 21.4. The minimum Gasteiger partial charge on any atom is -0.354 e. The van der Waals surface area contributed by atoms with E-state index in [1.165, 1.54) is 24.3 Å². The molecule has 150 valence electrons. The lowest BCUT2D eigenvalue weighted by molar-refractivity contribution is 0.476. The summed E-state index contributed by atoms with van der Waals surface area (Å²) < 4.78 is 35.2. The van der Waals surface area contributed by atoms with Crippen LogP contribution in [0.3, 0.4) is 0 Å². The summed E-state index contributed by atoms with van der Waals surface area (Å²) in [6, 6.07) is 12.9. The van der Waals surface area contributed by atoms with E-state index in [1.807, 2.05) is 19.1 Å². The number of rotatable bonds is 1. The Labute approximate surface area is 170 Å². The van der Waals surface area contributed by atoms with Gasteiger partial charge in [0.15, 0.2) is 10.9 Å². The molecule has 3 aromatic carbocycles. The molecule has 0 saturated heterocycles. The molecule has 0 saturated carbocycles. The Bertz CT molecular complexity index is 1780. The van der Waals surface area contributed by atoms with E-state index in [4.69, 9.17) is 0 Å². The van der Waals surface area contributed by atoms with E-state index in [2.05, 4.69) is 4.98 Å². The predicted molar refractivity (Wildman–Crippen MR) is 118 cm³/mol. The van der Waals surface area contributed by atoms with E-state index in [0.29, 0.717) is 20.4 Å². The summed E-state index contributed by atoms with van der Waals surface area (Å²) in [5.74, 6) is 0.